The minimum atomic E-state index is -4.40. The Bertz CT molecular complexity index is 2190. The first-order chi connectivity index (χ1) is 28.3. The normalized spacial score (nSPS) is 15.5. The van der Waals surface area contributed by atoms with Crippen molar-refractivity contribution in [3.05, 3.63) is 123 Å². The fraction of sp³-hybridized carbons (Fsp3) is 0.395. The maximum atomic E-state index is 14.5. The van der Waals surface area contributed by atoms with Crippen LogP contribution < -0.4 is 5.43 Å². The van der Waals surface area contributed by atoms with E-state index in [1.54, 1.807) is 0 Å². The summed E-state index contributed by atoms with van der Waals surface area (Å²) in [5, 5.41) is 33.1. The Morgan fingerprint density at radius 1 is 0.867 bits per heavy atom. The van der Waals surface area contributed by atoms with E-state index in [1.807, 2.05) is 33.7 Å². The Labute approximate surface area is 347 Å². The molecule has 0 radical (unpaired) electrons. The number of benzene rings is 3. The number of rotatable bonds is 13. The van der Waals surface area contributed by atoms with Crippen LogP contribution in [0, 0.1) is 11.6 Å². The summed E-state index contributed by atoms with van der Waals surface area (Å²) in [4.78, 5) is 51.4. The number of likely N-dealkylation sites (tertiary alicyclic amines) is 1. The summed E-state index contributed by atoms with van der Waals surface area (Å²) in [5.74, 6) is -5.40. The molecule has 2 atom stereocenters. The molecule has 0 saturated carbocycles. The van der Waals surface area contributed by atoms with E-state index in [0.717, 1.165) is 67.4 Å². The van der Waals surface area contributed by atoms with Gasteiger partial charge in [-0.1, -0.05) is 48.5 Å². The van der Waals surface area contributed by atoms with Crippen molar-refractivity contribution in [2.24, 2.45) is 0 Å². The lowest BCUT2D eigenvalue weighted by Crippen LogP contribution is -2.49. The molecule has 3 aromatic carbocycles. The molecule has 60 heavy (non-hydrogen) atoms. The second-order valence-corrected chi connectivity index (χ2v) is 15.9. The van der Waals surface area contributed by atoms with Crippen LogP contribution in [0.5, 0.6) is 0 Å². The Morgan fingerprint density at radius 3 is 2.00 bits per heavy atom. The summed E-state index contributed by atoms with van der Waals surface area (Å²) in [6.45, 7) is 6.38. The Kier molecular flexibility index (Phi) is 15.3. The SMILES string of the molecule is CC(C)N1CCC(N(Cc2ccc(-c3ccc(C(F)(F)F)cc3)cc2)C(=O)Cn2c(SCc3cccc(F)c3F)cc(=O)c3c2CCC3)CC1.O=C(O)C(O)C(O)C(=O)O. The van der Waals surface area contributed by atoms with Crippen LogP contribution in [0.4, 0.5) is 22.0 Å². The molecule has 1 fully saturated rings. The zero-order valence-corrected chi connectivity index (χ0v) is 33.7. The molecule has 0 spiro atoms. The number of piperidine rings is 1. The number of carboxylic acids is 2. The van der Waals surface area contributed by atoms with E-state index < -0.39 is 47.5 Å². The van der Waals surface area contributed by atoms with Crippen molar-refractivity contribution in [2.45, 2.75) is 100 Å². The highest BCUT2D eigenvalue weighted by molar-refractivity contribution is 7.98. The summed E-state index contributed by atoms with van der Waals surface area (Å²) >= 11 is 1.22. The lowest BCUT2D eigenvalue weighted by Gasteiger charge is -2.40. The molecule has 1 saturated heterocycles. The average molecular weight is 860 g/mol. The number of nitrogens with zero attached hydrogens (tertiary/aromatic N) is 3. The van der Waals surface area contributed by atoms with Gasteiger partial charge in [0.25, 0.3) is 0 Å². The fourth-order valence-corrected chi connectivity index (χ4v) is 8.34. The number of halogens is 5. The lowest BCUT2D eigenvalue weighted by molar-refractivity contribution is -0.165. The van der Waals surface area contributed by atoms with Crippen LogP contribution in [0.2, 0.25) is 0 Å². The van der Waals surface area contributed by atoms with Crippen LogP contribution in [-0.4, -0.2) is 90.0 Å². The van der Waals surface area contributed by atoms with Gasteiger partial charge < -0.3 is 34.8 Å². The van der Waals surface area contributed by atoms with E-state index in [0.29, 0.717) is 41.6 Å². The van der Waals surface area contributed by atoms with E-state index >= 15 is 0 Å². The predicted octanol–water partition coefficient (Wildman–Crippen LogP) is 6.37. The minimum absolute atomic E-state index is 0.00458. The third-order valence-corrected chi connectivity index (χ3v) is 11.8. The molecular formula is C43H46F5N3O8S. The van der Waals surface area contributed by atoms with Crippen LogP contribution >= 0.6 is 11.8 Å². The maximum Gasteiger partial charge on any atom is 0.416 e. The van der Waals surface area contributed by atoms with Crippen molar-refractivity contribution in [3.8, 4) is 11.1 Å². The number of thioether (sulfide) groups is 1. The van der Waals surface area contributed by atoms with Crippen molar-refractivity contribution in [1.82, 2.24) is 14.4 Å². The quantitative estimate of drug-likeness (QED) is 0.0879. The summed E-state index contributed by atoms with van der Waals surface area (Å²) in [6, 6.07) is 18.5. The number of aromatic nitrogens is 1. The number of aliphatic hydroxyl groups is 2. The fourth-order valence-electron chi connectivity index (χ4n) is 7.29. The highest BCUT2D eigenvalue weighted by Gasteiger charge is 2.32. The zero-order valence-electron chi connectivity index (χ0n) is 32.9. The largest absolute Gasteiger partial charge is 0.479 e. The molecule has 0 bridgehead atoms. The van der Waals surface area contributed by atoms with Gasteiger partial charge in [0.2, 0.25) is 5.91 Å². The van der Waals surface area contributed by atoms with E-state index in [1.165, 1.54) is 42.1 Å². The van der Waals surface area contributed by atoms with Crippen molar-refractivity contribution in [1.29, 1.82) is 0 Å². The molecule has 2 heterocycles. The topological polar surface area (TPSA) is 161 Å². The molecule has 322 valence electrons. The molecule has 1 aromatic heterocycles. The summed E-state index contributed by atoms with van der Waals surface area (Å²) in [7, 11) is 0. The highest BCUT2D eigenvalue weighted by atomic mass is 32.2. The van der Waals surface area contributed by atoms with Gasteiger partial charge >= 0.3 is 18.1 Å². The summed E-state index contributed by atoms with van der Waals surface area (Å²) < 4.78 is 69.6. The maximum absolute atomic E-state index is 14.5. The number of hydrogen-bond donors (Lipinski definition) is 4. The van der Waals surface area contributed by atoms with Crippen molar-refractivity contribution in [3.63, 3.8) is 0 Å². The van der Waals surface area contributed by atoms with Crippen LogP contribution in [-0.2, 0) is 52.2 Å². The zero-order chi connectivity index (χ0) is 43.9. The molecule has 2 unspecified atom stereocenters. The molecule has 1 amide bonds. The van der Waals surface area contributed by atoms with Gasteiger partial charge in [-0.05, 0) is 80.8 Å². The number of carbonyl (C=O) groups is 3. The molecule has 1 aliphatic carbocycles. The number of fused-ring (bicyclic) bond motifs is 1. The van der Waals surface area contributed by atoms with Gasteiger partial charge in [0, 0.05) is 60.4 Å². The minimum Gasteiger partial charge on any atom is -0.479 e. The molecule has 17 heteroatoms. The van der Waals surface area contributed by atoms with E-state index in [2.05, 4.69) is 18.7 Å². The Balaban J connectivity index is 0.000000606. The van der Waals surface area contributed by atoms with Crippen molar-refractivity contribution >= 4 is 29.6 Å². The third-order valence-electron chi connectivity index (χ3n) is 10.7. The number of carbonyl (C=O) groups excluding carboxylic acids is 1. The molecule has 4 N–H and O–H groups in total. The molecule has 11 nitrogen and oxygen atoms in total. The molecular weight excluding hydrogens is 814 g/mol. The van der Waals surface area contributed by atoms with Crippen molar-refractivity contribution in [2.75, 3.05) is 13.1 Å². The molecule has 4 aromatic rings. The summed E-state index contributed by atoms with van der Waals surface area (Å²) in [6.07, 6.45) is -5.25. The van der Waals surface area contributed by atoms with Gasteiger partial charge in [0.15, 0.2) is 29.3 Å². The van der Waals surface area contributed by atoms with Gasteiger partial charge in [0.1, 0.15) is 6.54 Å². The van der Waals surface area contributed by atoms with Gasteiger partial charge in [0.05, 0.1) is 10.6 Å². The number of hydrogen-bond acceptors (Lipinski definition) is 8. The monoisotopic (exact) mass is 859 g/mol. The van der Waals surface area contributed by atoms with Gasteiger partial charge in [-0.2, -0.15) is 13.2 Å². The number of aliphatic carboxylic acids is 2. The number of carboxylic acid groups (broad SMARTS) is 2. The third kappa shape index (κ3) is 11.4. The van der Waals surface area contributed by atoms with Gasteiger partial charge in [-0.15, -0.1) is 11.8 Å². The first kappa shape index (κ1) is 46.0. The second-order valence-electron chi connectivity index (χ2n) is 14.9. The van der Waals surface area contributed by atoms with Crippen LogP contribution in [0.1, 0.15) is 61.1 Å². The number of alkyl halides is 3. The van der Waals surface area contributed by atoms with Crippen LogP contribution in [0.15, 0.2) is 82.6 Å². The van der Waals surface area contributed by atoms with E-state index in [-0.39, 0.29) is 35.2 Å². The average Bonchev–Trinajstić information content (AvgIpc) is 3.72. The summed E-state index contributed by atoms with van der Waals surface area (Å²) in [5.41, 5.74) is 3.22. The first-order valence-electron chi connectivity index (χ1n) is 19.3. The Morgan fingerprint density at radius 2 is 1.45 bits per heavy atom. The van der Waals surface area contributed by atoms with E-state index in [9.17, 15) is 41.1 Å². The number of pyridine rings is 1. The molecule has 6 rings (SSSR count). The highest BCUT2D eigenvalue weighted by Crippen LogP contribution is 2.32. The smallest absolute Gasteiger partial charge is 0.416 e. The van der Waals surface area contributed by atoms with E-state index in [4.69, 9.17) is 20.4 Å². The molecule has 2 aliphatic rings. The van der Waals surface area contributed by atoms with Gasteiger partial charge in [-0.25, -0.2) is 18.4 Å². The Hall–Kier alpha value is -5.10. The lowest BCUT2D eigenvalue weighted by atomic mass is 9.99. The van der Waals surface area contributed by atoms with Gasteiger partial charge in [-0.3, -0.25) is 9.59 Å². The second kappa shape index (κ2) is 20.0. The standard InChI is InChI=1S/C39H40F5N3O2S.C4H6O6/c1-25(2)45-19-17-31(18-20-45)46(22-26-9-11-27(12-10-26)28-13-15-30(16-14-28)39(42,43)44)36(49)23-47-34-8-4-6-32(34)35(48)21-37(47)50-24-29-5-3-7-33(40)38(29)41;5-1(3(7)8)2(6)4(9)10/h3,5,7,9-16,21,25,31H,4,6,8,17-20,22-24H2,1-2H3;1-2,5-6H,(H,7,8)(H,9,10). The van der Waals surface area contributed by atoms with Crippen LogP contribution in [0.25, 0.3) is 11.1 Å². The number of amides is 1. The number of aliphatic hydroxyl groups excluding tert-OH is 2. The molecule has 1 aliphatic heterocycles. The first-order valence-corrected chi connectivity index (χ1v) is 20.3. The van der Waals surface area contributed by atoms with Crippen molar-refractivity contribution < 1.29 is 56.8 Å². The predicted molar refractivity (Wildman–Crippen MR) is 213 cm³/mol. The van der Waals surface area contributed by atoms with Crippen LogP contribution in [0.3, 0.4) is 0 Å².